The van der Waals surface area contributed by atoms with Crippen molar-refractivity contribution in [2.45, 2.75) is 6.92 Å². The van der Waals surface area contributed by atoms with Crippen LogP contribution in [0.4, 0.5) is 0 Å². The van der Waals surface area contributed by atoms with E-state index in [1.54, 1.807) is 6.21 Å². The number of nitrogens with zero attached hydrogens (tertiary/aromatic N) is 2. The first kappa shape index (κ1) is 28.2. The number of carbonyl (C=O) groups is 1. The Bertz CT molecular complexity index is 1810. The van der Waals surface area contributed by atoms with Crippen molar-refractivity contribution >= 4 is 12.1 Å². The first-order valence-corrected chi connectivity index (χ1v) is 14.5. The number of benzene rings is 5. The van der Waals surface area contributed by atoms with Crippen LogP contribution in [0.15, 0.2) is 151 Å². The fraction of sp³-hybridized carbons (Fsp3) is 0.0526. The number of nitrogens with one attached hydrogen (secondary N) is 1. The first-order chi connectivity index (χ1) is 21.7. The number of rotatable bonds is 10. The van der Waals surface area contributed by atoms with Crippen molar-refractivity contribution in [2.75, 3.05) is 6.61 Å². The van der Waals surface area contributed by atoms with Gasteiger partial charge in [0.15, 0.2) is 11.5 Å². The molecule has 0 aliphatic heterocycles. The van der Waals surface area contributed by atoms with Gasteiger partial charge in [0.1, 0.15) is 5.75 Å². The zero-order chi connectivity index (χ0) is 30.1. The molecule has 5 aromatic carbocycles. The van der Waals surface area contributed by atoms with Gasteiger partial charge in [-0.25, -0.2) is 5.43 Å². The van der Waals surface area contributed by atoms with Crippen LogP contribution in [0, 0.1) is 0 Å². The van der Waals surface area contributed by atoms with E-state index < -0.39 is 0 Å². The lowest BCUT2D eigenvalue weighted by atomic mass is 10.1. The van der Waals surface area contributed by atoms with Gasteiger partial charge in [-0.1, -0.05) is 78.9 Å². The third kappa shape index (κ3) is 6.45. The van der Waals surface area contributed by atoms with Crippen molar-refractivity contribution in [2.24, 2.45) is 5.10 Å². The molecular weight excluding hydrogens is 546 g/mol. The van der Waals surface area contributed by atoms with Crippen LogP contribution in [0.25, 0.3) is 28.2 Å². The Balaban J connectivity index is 1.19. The Morgan fingerprint density at radius 3 is 1.89 bits per heavy atom. The average molecular weight is 578 g/mol. The topological polar surface area (TPSA) is 64.8 Å². The SMILES string of the molecule is CCOc1cc(/C=N\NC(=O)c2ccc(-n3c(-c4ccccc4)ccc3-c3ccccc3)cc2)ccc1Oc1ccccc1. The largest absolute Gasteiger partial charge is 0.490 e. The lowest BCUT2D eigenvalue weighted by Crippen LogP contribution is -2.17. The van der Waals surface area contributed by atoms with Gasteiger partial charge in [-0.2, -0.15) is 5.10 Å². The summed E-state index contributed by atoms with van der Waals surface area (Å²) in [5.74, 6) is 1.61. The van der Waals surface area contributed by atoms with E-state index in [-0.39, 0.29) is 5.91 Å². The summed E-state index contributed by atoms with van der Waals surface area (Å²) in [6.45, 7) is 2.40. The van der Waals surface area contributed by atoms with Crippen molar-refractivity contribution in [1.29, 1.82) is 0 Å². The van der Waals surface area contributed by atoms with E-state index >= 15 is 0 Å². The van der Waals surface area contributed by atoms with Crippen LogP contribution < -0.4 is 14.9 Å². The van der Waals surface area contributed by atoms with Gasteiger partial charge in [-0.15, -0.1) is 0 Å². The van der Waals surface area contributed by atoms with E-state index in [4.69, 9.17) is 9.47 Å². The molecule has 6 rings (SSSR count). The number of hydrogen-bond acceptors (Lipinski definition) is 4. The van der Waals surface area contributed by atoms with E-state index in [0.29, 0.717) is 23.7 Å². The second-order valence-electron chi connectivity index (χ2n) is 9.97. The highest BCUT2D eigenvalue weighted by Crippen LogP contribution is 2.33. The molecule has 216 valence electrons. The number of amides is 1. The van der Waals surface area contributed by atoms with E-state index in [9.17, 15) is 4.79 Å². The second-order valence-corrected chi connectivity index (χ2v) is 9.97. The summed E-state index contributed by atoms with van der Waals surface area (Å²) in [6, 6.07) is 47.4. The number of hydrazone groups is 1. The molecule has 0 spiro atoms. The predicted molar refractivity (Wildman–Crippen MR) is 176 cm³/mol. The summed E-state index contributed by atoms with van der Waals surface area (Å²) in [7, 11) is 0. The molecule has 44 heavy (non-hydrogen) atoms. The molecule has 1 heterocycles. The molecule has 6 nitrogen and oxygen atoms in total. The minimum Gasteiger partial charge on any atom is -0.490 e. The molecule has 6 heteroatoms. The number of para-hydroxylation sites is 1. The molecule has 0 saturated carbocycles. The molecule has 0 fully saturated rings. The number of aromatic nitrogens is 1. The quantitative estimate of drug-likeness (QED) is 0.131. The van der Waals surface area contributed by atoms with Crippen molar-refractivity contribution in [3.8, 4) is 45.5 Å². The molecular formula is C38H31N3O3. The maximum atomic E-state index is 13.0. The lowest BCUT2D eigenvalue weighted by molar-refractivity contribution is 0.0955. The molecule has 0 bridgehead atoms. The second kappa shape index (κ2) is 13.4. The summed E-state index contributed by atoms with van der Waals surface area (Å²) in [5, 5.41) is 4.19. The van der Waals surface area contributed by atoms with Gasteiger partial charge in [-0.05, 0) is 90.3 Å². The zero-order valence-electron chi connectivity index (χ0n) is 24.3. The van der Waals surface area contributed by atoms with Gasteiger partial charge >= 0.3 is 0 Å². The van der Waals surface area contributed by atoms with Crippen LogP contribution in [0.5, 0.6) is 17.2 Å². The number of ether oxygens (including phenoxy) is 2. The van der Waals surface area contributed by atoms with Crippen molar-refractivity contribution in [1.82, 2.24) is 9.99 Å². The van der Waals surface area contributed by atoms with Crippen LogP contribution in [0.1, 0.15) is 22.8 Å². The molecule has 0 unspecified atom stereocenters. The minimum atomic E-state index is -0.305. The standard InChI is InChI=1S/C38H31N3O3/c1-2-43-37-26-28(18-25-36(37)44-33-16-10-5-11-17-33)27-39-40-38(42)31-19-21-32(22-20-31)41-34(29-12-6-3-7-13-29)23-24-35(41)30-14-8-4-9-15-30/h3-27H,2H2,1H3,(H,40,42)/b39-27-. The van der Waals surface area contributed by atoms with Crippen molar-refractivity contribution in [3.05, 3.63) is 157 Å². The van der Waals surface area contributed by atoms with Crippen LogP contribution >= 0.6 is 0 Å². The van der Waals surface area contributed by atoms with E-state index in [2.05, 4.69) is 51.5 Å². The Morgan fingerprint density at radius 2 is 1.30 bits per heavy atom. The lowest BCUT2D eigenvalue weighted by Gasteiger charge is -2.15. The summed E-state index contributed by atoms with van der Waals surface area (Å²) in [4.78, 5) is 13.0. The third-order valence-corrected chi connectivity index (χ3v) is 7.03. The Hall–Kier alpha value is -5.88. The number of carbonyl (C=O) groups excluding carboxylic acids is 1. The van der Waals surface area contributed by atoms with E-state index in [0.717, 1.165) is 39.5 Å². The van der Waals surface area contributed by atoms with Gasteiger partial charge in [-0.3, -0.25) is 4.79 Å². The summed E-state index contributed by atoms with van der Waals surface area (Å²) in [6.07, 6.45) is 1.58. The van der Waals surface area contributed by atoms with Gasteiger partial charge in [0.25, 0.3) is 5.91 Å². The Labute approximate surface area is 256 Å². The summed E-state index contributed by atoms with van der Waals surface area (Å²) in [5.41, 5.74) is 9.20. The normalized spacial score (nSPS) is 10.9. The van der Waals surface area contributed by atoms with Crippen LogP contribution in [-0.2, 0) is 0 Å². The van der Waals surface area contributed by atoms with Crippen LogP contribution in [0.2, 0.25) is 0 Å². The molecule has 1 amide bonds. The Kier molecular flexibility index (Phi) is 8.60. The molecule has 0 saturated heterocycles. The van der Waals surface area contributed by atoms with Gasteiger partial charge in [0, 0.05) is 11.3 Å². The average Bonchev–Trinajstić information content (AvgIpc) is 3.53. The first-order valence-electron chi connectivity index (χ1n) is 14.5. The smallest absolute Gasteiger partial charge is 0.271 e. The Morgan fingerprint density at radius 1 is 0.705 bits per heavy atom. The van der Waals surface area contributed by atoms with Gasteiger partial charge < -0.3 is 14.0 Å². The molecule has 0 aliphatic carbocycles. The highest BCUT2D eigenvalue weighted by atomic mass is 16.5. The zero-order valence-corrected chi connectivity index (χ0v) is 24.3. The molecule has 0 aliphatic rings. The van der Waals surface area contributed by atoms with Crippen LogP contribution in [-0.4, -0.2) is 23.3 Å². The van der Waals surface area contributed by atoms with Crippen LogP contribution in [0.3, 0.4) is 0 Å². The number of hydrogen-bond donors (Lipinski definition) is 1. The molecule has 0 radical (unpaired) electrons. The maximum Gasteiger partial charge on any atom is 0.271 e. The highest BCUT2D eigenvalue weighted by Gasteiger charge is 2.14. The molecule has 1 N–H and O–H groups in total. The van der Waals surface area contributed by atoms with Gasteiger partial charge in [0.2, 0.25) is 0 Å². The molecule has 1 aromatic heterocycles. The predicted octanol–water partition coefficient (Wildman–Crippen LogP) is 8.77. The maximum absolute atomic E-state index is 13.0. The fourth-order valence-electron chi connectivity index (χ4n) is 4.95. The summed E-state index contributed by atoms with van der Waals surface area (Å²) >= 11 is 0. The highest BCUT2D eigenvalue weighted by molar-refractivity contribution is 5.95. The van der Waals surface area contributed by atoms with E-state index in [1.807, 2.05) is 116 Å². The van der Waals surface area contributed by atoms with Crippen molar-refractivity contribution < 1.29 is 14.3 Å². The third-order valence-electron chi connectivity index (χ3n) is 7.03. The summed E-state index contributed by atoms with van der Waals surface area (Å²) < 4.78 is 14.0. The molecule has 6 aromatic rings. The van der Waals surface area contributed by atoms with E-state index in [1.165, 1.54) is 0 Å². The fourth-order valence-corrected chi connectivity index (χ4v) is 4.95. The molecule has 0 atom stereocenters. The van der Waals surface area contributed by atoms with Gasteiger partial charge in [0.05, 0.1) is 24.2 Å². The van der Waals surface area contributed by atoms with Crippen molar-refractivity contribution in [3.63, 3.8) is 0 Å². The monoisotopic (exact) mass is 577 g/mol. The minimum absolute atomic E-state index is 0.305.